The molecule has 88 valence electrons. The molecule has 2 aromatic rings. The Labute approximate surface area is 107 Å². The first-order chi connectivity index (χ1) is 8.15. The van der Waals surface area contributed by atoms with Gasteiger partial charge in [0.1, 0.15) is 12.4 Å². The molecule has 0 atom stereocenters. The van der Waals surface area contributed by atoms with Crippen LogP contribution in [0.1, 0.15) is 16.7 Å². The van der Waals surface area contributed by atoms with Crippen molar-refractivity contribution < 1.29 is 4.74 Å². The number of hydrogen-bond donors (Lipinski definition) is 0. The standard InChI is InChI=1S/C15H15ClO/c1-11-3-7-14(8-4-11)17-10-13-6-5-12(2)15(16)9-13/h3-9H,10H2,1-2H3. The Kier molecular flexibility index (Phi) is 3.70. The minimum atomic E-state index is 0.545. The first-order valence-corrected chi connectivity index (χ1v) is 5.97. The zero-order valence-electron chi connectivity index (χ0n) is 10.0. The van der Waals surface area contributed by atoms with Crippen LogP contribution in [0.2, 0.25) is 5.02 Å². The molecule has 1 nitrogen and oxygen atoms in total. The van der Waals surface area contributed by atoms with Crippen molar-refractivity contribution >= 4 is 11.6 Å². The maximum atomic E-state index is 6.06. The Balaban J connectivity index is 2.02. The van der Waals surface area contributed by atoms with Crippen LogP contribution >= 0.6 is 11.6 Å². The summed E-state index contributed by atoms with van der Waals surface area (Å²) in [4.78, 5) is 0. The summed E-state index contributed by atoms with van der Waals surface area (Å²) < 4.78 is 5.68. The Morgan fingerprint density at radius 3 is 2.35 bits per heavy atom. The van der Waals surface area contributed by atoms with Gasteiger partial charge in [-0.1, -0.05) is 41.4 Å². The zero-order chi connectivity index (χ0) is 12.3. The minimum Gasteiger partial charge on any atom is -0.489 e. The lowest BCUT2D eigenvalue weighted by Gasteiger charge is -2.07. The number of hydrogen-bond acceptors (Lipinski definition) is 1. The van der Waals surface area contributed by atoms with Gasteiger partial charge in [-0.05, 0) is 43.2 Å². The van der Waals surface area contributed by atoms with E-state index in [1.54, 1.807) is 0 Å². The molecule has 0 N–H and O–H groups in total. The van der Waals surface area contributed by atoms with Crippen molar-refractivity contribution in [3.05, 3.63) is 64.2 Å². The van der Waals surface area contributed by atoms with Gasteiger partial charge in [0.25, 0.3) is 0 Å². The predicted octanol–water partition coefficient (Wildman–Crippen LogP) is 4.54. The van der Waals surface area contributed by atoms with Crippen LogP contribution in [0.25, 0.3) is 0 Å². The van der Waals surface area contributed by atoms with E-state index in [1.165, 1.54) is 5.56 Å². The quantitative estimate of drug-likeness (QED) is 0.773. The lowest BCUT2D eigenvalue weighted by atomic mass is 10.1. The molecule has 0 aromatic heterocycles. The number of ether oxygens (including phenoxy) is 1. The Morgan fingerprint density at radius 1 is 1.00 bits per heavy atom. The van der Waals surface area contributed by atoms with E-state index >= 15 is 0 Å². The maximum absolute atomic E-state index is 6.06. The van der Waals surface area contributed by atoms with E-state index in [0.717, 1.165) is 21.9 Å². The molecule has 0 aliphatic carbocycles. The molecule has 0 spiro atoms. The van der Waals surface area contributed by atoms with E-state index in [0.29, 0.717) is 6.61 Å². The van der Waals surface area contributed by atoms with E-state index in [2.05, 4.69) is 6.92 Å². The number of benzene rings is 2. The normalized spacial score (nSPS) is 10.3. The molecule has 0 amide bonds. The lowest BCUT2D eigenvalue weighted by Crippen LogP contribution is -1.95. The van der Waals surface area contributed by atoms with Crippen LogP contribution in [0.15, 0.2) is 42.5 Å². The third-order valence-corrected chi connectivity index (χ3v) is 3.07. The Hall–Kier alpha value is -1.47. The third kappa shape index (κ3) is 3.24. The molecular weight excluding hydrogens is 232 g/mol. The van der Waals surface area contributed by atoms with Crippen molar-refractivity contribution in [3.63, 3.8) is 0 Å². The molecule has 17 heavy (non-hydrogen) atoms. The van der Waals surface area contributed by atoms with Gasteiger partial charge in [-0.15, -0.1) is 0 Å². The van der Waals surface area contributed by atoms with Gasteiger partial charge in [0.05, 0.1) is 0 Å². The summed E-state index contributed by atoms with van der Waals surface area (Å²) in [6.45, 7) is 4.60. The van der Waals surface area contributed by atoms with E-state index < -0.39 is 0 Å². The van der Waals surface area contributed by atoms with Crippen LogP contribution in [0.5, 0.6) is 5.75 Å². The van der Waals surface area contributed by atoms with E-state index in [9.17, 15) is 0 Å². The summed E-state index contributed by atoms with van der Waals surface area (Å²) in [5.74, 6) is 0.882. The van der Waals surface area contributed by atoms with Gasteiger partial charge in [-0.3, -0.25) is 0 Å². The summed E-state index contributed by atoms with van der Waals surface area (Å²) in [6, 6.07) is 14.0. The highest BCUT2D eigenvalue weighted by Gasteiger charge is 1.99. The average Bonchev–Trinajstić information content (AvgIpc) is 2.33. The van der Waals surface area contributed by atoms with Crippen molar-refractivity contribution in [2.75, 3.05) is 0 Å². The molecule has 2 heteroatoms. The second-order valence-corrected chi connectivity index (χ2v) is 4.59. The first kappa shape index (κ1) is 12.0. The van der Waals surface area contributed by atoms with Crippen LogP contribution in [-0.4, -0.2) is 0 Å². The molecule has 0 saturated heterocycles. The van der Waals surface area contributed by atoms with Crippen molar-refractivity contribution in [2.45, 2.75) is 20.5 Å². The Morgan fingerprint density at radius 2 is 1.71 bits per heavy atom. The summed E-state index contributed by atoms with van der Waals surface area (Å²) in [6.07, 6.45) is 0. The fourth-order valence-corrected chi connectivity index (χ4v) is 1.73. The second-order valence-electron chi connectivity index (χ2n) is 4.19. The fourth-order valence-electron chi connectivity index (χ4n) is 1.53. The van der Waals surface area contributed by atoms with Crippen LogP contribution in [-0.2, 0) is 6.61 Å². The molecule has 0 aliphatic heterocycles. The van der Waals surface area contributed by atoms with E-state index in [4.69, 9.17) is 16.3 Å². The number of aryl methyl sites for hydroxylation is 2. The van der Waals surface area contributed by atoms with Crippen LogP contribution < -0.4 is 4.74 Å². The summed E-state index contributed by atoms with van der Waals surface area (Å²) >= 11 is 6.06. The zero-order valence-corrected chi connectivity index (χ0v) is 10.8. The van der Waals surface area contributed by atoms with Crippen molar-refractivity contribution in [1.82, 2.24) is 0 Å². The highest BCUT2D eigenvalue weighted by molar-refractivity contribution is 6.31. The predicted molar refractivity (Wildman–Crippen MR) is 71.7 cm³/mol. The topological polar surface area (TPSA) is 9.23 Å². The van der Waals surface area contributed by atoms with Gasteiger partial charge in [0.2, 0.25) is 0 Å². The van der Waals surface area contributed by atoms with E-state index in [-0.39, 0.29) is 0 Å². The van der Waals surface area contributed by atoms with E-state index in [1.807, 2.05) is 49.4 Å². The summed E-state index contributed by atoms with van der Waals surface area (Å²) in [5.41, 5.74) is 3.41. The molecule has 2 rings (SSSR count). The van der Waals surface area contributed by atoms with Gasteiger partial charge in [-0.2, -0.15) is 0 Å². The molecule has 0 aliphatic rings. The third-order valence-electron chi connectivity index (χ3n) is 2.66. The molecular formula is C15H15ClO. The molecule has 0 saturated carbocycles. The van der Waals surface area contributed by atoms with Crippen LogP contribution in [0.4, 0.5) is 0 Å². The Bertz CT molecular complexity index is 503. The molecule has 2 aromatic carbocycles. The highest BCUT2D eigenvalue weighted by Crippen LogP contribution is 2.18. The lowest BCUT2D eigenvalue weighted by molar-refractivity contribution is 0.306. The SMILES string of the molecule is Cc1ccc(OCc2ccc(C)c(Cl)c2)cc1. The number of rotatable bonds is 3. The van der Waals surface area contributed by atoms with Crippen LogP contribution in [0.3, 0.4) is 0 Å². The van der Waals surface area contributed by atoms with Gasteiger partial charge >= 0.3 is 0 Å². The minimum absolute atomic E-state index is 0.545. The highest BCUT2D eigenvalue weighted by atomic mass is 35.5. The maximum Gasteiger partial charge on any atom is 0.119 e. The largest absolute Gasteiger partial charge is 0.489 e. The molecule has 0 unspecified atom stereocenters. The molecule has 0 fully saturated rings. The molecule has 0 heterocycles. The fraction of sp³-hybridized carbons (Fsp3) is 0.200. The van der Waals surface area contributed by atoms with Crippen molar-refractivity contribution in [3.8, 4) is 5.75 Å². The second kappa shape index (κ2) is 5.24. The first-order valence-electron chi connectivity index (χ1n) is 5.59. The van der Waals surface area contributed by atoms with Crippen molar-refractivity contribution in [1.29, 1.82) is 0 Å². The van der Waals surface area contributed by atoms with Gasteiger partial charge in [0.15, 0.2) is 0 Å². The average molecular weight is 247 g/mol. The summed E-state index contributed by atoms with van der Waals surface area (Å²) in [5, 5.41) is 0.787. The number of halogens is 1. The molecule has 0 bridgehead atoms. The van der Waals surface area contributed by atoms with Gasteiger partial charge < -0.3 is 4.74 Å². The summed E-state index contributed by atoms with van der Waals surface area (Å²) in [7, 11) is 0. The monoisotopic (exact) mass is 246 g/mol. The smallest absolute Gasteiger partial charge is 0.119 e. The van der Waals surface area contributed by atoms with Gasteiger partial charge in [0, 0.05) is 5.02 Å². The molecule has 0 radical (unpaired) electrons. The van der Waals surface area contributed by atoms with Crippen molar-refractivity contribution in [2.24, 2.45) is 0 Å². The van der Waals surface area contributed by atoms with Crippen LogP contribution in [0, 0.1) is 13.8 Å². The van der Waals surface area contributed by atoms with Gasteiger partial charge in [-0.25, -0.2) is 0 Å².